The molecule has 2 N–H and O–H groups in total. The maximum Gasteiger partial charge on any atom is 0.249 e. The fourth-order valence-corrected chi connectivity index (χ4v) is 2.50. The van der Waals surface area contributed by atoms with E-state index in [9.17, 15) is 4.39 Å². The Kier molecular flexibility index (Phi) is 5.80. The van der Waals surface area contributed by atoms with Crippen LogP contribution in [-0.2, 0) is 6.42 Å². The number of halogens is 2. The van der Waals surface area contributed by atoms with Crippen molar-refractivity contribution in [1.82, 2.24) is 15.2 Å². The lowest BCUT2D eigenvalue weighted by Crippen LogP contribution is -2.09. The largest absolute Gasteiger partial charge is 0.495 e. The summed E-state index contributed by atoms with van der Waals surface area (Å²) in [4.78, 5) is 4.36. The van der Waals surface area contributed by atoms with Crippen LogP contribution in [0.5, 0.6) is 5.75 Å². The molecule has 2 aromatic carbocycles. The first kappa shape index (κ1) is 17.9. The van der Waals surface area contributed by atoms with E-state index in [1.165, 1.54) is 18.3 Å². The van der Waals surface area contributed by atoms with Crippen LogP contribution in [0.2, 0.25) is 5.02 Å². The van der Waals surface area contributed by atoms with Crippen LogP contribution < -0.4 is 15.4 Å². The highest BCUT2D eigenvalue weighted by Gasteiger charge is 2.07. The maximum absolute atomic E-state index is 12.9. The van der Waals surface area contributed by atoms with Crippen LogP contribution in [0.3, 0.4) is 0 Å². The van der Waals surface area contributed by atoms with E-state index in [2.05, 4.69) is 25.8 Å². The van der Waals surface area contributed by atoms with E-state index in [1.54, 1.807) is 37.4 Å². The van der Waals surface area contributed by atoms with E-state index in [0.717, 1.165) is 12.0 Å². The molecule has 0 amide bonds. The molecular formula is C18H17ClFN5O. The molecule has 6 nitrogen and oxygen atoms in total. The van der Waals surface area contributed by atoms with Crippen LogP contribution in [0.15, 0.2) is 48.7 Å². The first-order valence-electron chi connectivity index (χ1n) is 7.92. The van der Waals surface area contributed by atoms with Gasteiger partial charge in [0.25, 0.3) is 0 Å². The Morgan fingerprint density at radius 2 is 1.96 bits per heavy atom. The second-order valence-corrected chi connectivity index (χ2v) is 5.87. The number of ether oxygens (including phenoxy) is 1. The molecule has 0 saturated heterocycles. The highest BCUT2D eigenvalue weighted by atomic mass is 35.5. The molecule has 8 heteroatoms. The zero-order valence-corrected chi connectivity index (χ0v) is 14.8. The molecular weight excluding hydrogens is 357 g/mol. The third-order valence-corrected chi connectivity index (χ3v) is 3.83. The van der Waals surface area contributed by atoms with E-state index in [-0.39, 0.29) is 5.82 Å². The normalized spacial score (nSPS) is 10.4. The monoisotopic (exact) mass is 373 g/mol. The van der Waals surface area contributed by atoms with Crippen LogP contribution in [0.25, 0.3) is 0 Å². The zero-order valence-electron chi connectivity index (χ0n) is 14.0. The van der Waals surface area contributed by atoms with Crippen molar-refractivity contribution in [3.8, 4) is 5.75 Å². The number of hydrogen-bond acceptors (Lipinski definition) is 6. The number of anilines is 3. The van der Waals surface area contributed by atoms with Gasteiger partial charge >= 0.3 is 0 Å². The molecule has 0 atom stereocenters. The molecule has 3 rings (SSSR count). The number of nitrogens with zero attached hydrogens (tertiary/aromatic N) is 3. The molecule has 0 unspecified atom stereocenters. The molecule has 0 saturated carbocycles. The Morgan fingerprint density at radius 1 is 1.15 bits per heavy atom. The lowest BCUT2D eigenvalue weighted by atomic mass is 10.1. The molecule has 26 heavy (non-hydrogen) atoms. The third-order valence-electron chi connectivity index (χ3n) is 3.60. The highest BCUT2D eigenvalue weighted by molar-refractivity contribution is 6.30. The summed E-state index contributed by atoms with van der Waals surface area (Å²) in [7, 11) is 1.57. The molecule has 0 spiro atoms. The Balaban J connectivity index is 1.63. The van der Waals surface area contributed by atoms with Gasteiger partial charge in [-0.3, -0.25) is 0 Å². The highest BCUT2D eigenvalue weighted by Crippen LogP contribution is 2.29. The second kappa shape index (κ2) is 8.44. The summed E-state index contributed by atoms with van der Waals surface area (Å²) >= 11 is 6.02. The van der Waals surface area contributed by atoms with Crippen molar-refractivity contribution in [3.05, 3.63) is 65.1 Å². The van der Waals surface area contributed by atoms with Crippen molar-refractivity contribution < 1.29 is 9.13 Å². The number of hydrogen-bond donors (Lipinski definition) is 2. The average Bonchev–Trinajstić information content (AvgIpc) is 2.64. The standard InChI is InChI=1S/C18H17ClFN5O/c1-26-16-7-4-13(19)10-15(16)23-18-24-17(11-22-25-18)21-9-8-12-2-5-14(20)6-3-12/h2-7,10-11H,8-9H2,1H3,(H2,21,23,24,25). The summed E-state index contributed by atoms with van der Waals surface area (Å²) in [5, 5.41) is 14.7. The van der Waals surface area contributed by atoms with Crippen molar-refractivity contribution in [3.63, 3.8) is 0 Å². The number of nitrogens with one attached hydrogen (secondary N) is 2. The molecule has 0 fully saturated rings. The van der Waals surface area contributed by atoms with Crippen LogP contribution in [-0.4, -0.2) is 28.8 Å². The minimum atomic E-state index is -0.242. The fraction of sp³-hybridized carbons (Fsp3) is 0.167. The first-order valence-corrected chi connectivity index (χ1v) is 8.30. The summed E-state index contributed by atoms with van der Waals surface area (Å²) in [6.45, 7) is 0.629. The molecule has 134 valence electrons. The fourth-order valence-electron chi connectivity index (χ4n) is 2.33. The quantitative estimate of drug-likeness (QED) is 0.650. The van der Waals surface area contributed by atoms with Gasteiger partial charge < -0.3 is 15.4 Å². The number of rotatable bonds is 7. The Hall–Kier alpha value is -2.93. The van der Waals surface area contributed by atoms with Gasteiger partial charge in [0.15, 0.2) is 5.82 Å². The van der Waals surface area contributed by atoms with Crippen molar-refractivity contribution in [2.24, 2.45) is 0 Å². The molecule has 1 aromatic heterocycles. The van der Waals surface area contributed by atoms with Gasteiger partial charge in [-0.15, -0.1) is 5.10 Å². The summed E-state index contributed by atoms with van der Waals surface area (Å²) in [5.74, 6) is 1.27. The first-order chi connectivity index (χ1) is 12.6. The van der Waals surface area contributed by atoms with E-state index in [1.807, 2.05) is 0 Å². The van der Waals surface area contributed by atoms with E-state index < -0.39 is 0 Å². The van der Waals surface area contributed by atoms with Gasteiger partial charge in [-0.1, -0.05) is 23.7 Å². The predicted molar refractivity (Wildman–Crippen MR) is 99.7 cm³/mol. The van der Waals surface area contributed by atoms with E-state index >= 15 is 0 Å². The Labute approximate surface area is 155 Å². The van der Waals surface area contributed by atoms with Gasteiger partial charge in [0.05, 0.1) is 19.0 Å². The molecule has 0 bridgehead atoms. The van der Waals surface area contributed by atoms with Crippen molar-refractivity contribution >= 4 is 29.1 Å². The van der Waals surface area contributed by atoms with E-state index in [0.29, 0.717) is 34.8 Å². The molecule has 0 aliphatic carbocycles. The van der Waals surface area contributed by atoms with Gasteiger partial charge in [0.2, 0.25) is 5.95 Å². The Morgan fingerprint density at radius 3 is 2.73 bits per heavy atom. The molecule has 3 aromatic rings. The molecule has 0 radical (unpaired) electrons. The third kappa shape index (κ3) is 4.80. The van der Waals surface area contributed by atoms with Gasteiger partial charge in [-0.25, -0.2) is 4.39 Å². The van der Waals surface area contributed by atoms with Gasteiger partial charge in [-0.2, -0.15) is 10.1 Å². The lowest BCUT2D eigenvalue weighted by Gasteiger charge is -2.11. The predicted octanol–water partition coefficient (Wildman–Crippen LogP) is 4.07. The van der Waals surface area contributed by atoms with Crippen LogP contribution in [0.4, 0.5) is 21.8 Å². The lowest BCUT2D eigenvalue weighted by molar-refractivity contribution is 0.417. The SMILES string of the molecule is COc1ccc(Cl)cc1Nc1nncc(NCCc2ccc(F)cc2)n1. The number of aromatic nitrogens is 3. The average molecular weight is 374 g/mol. The van der Waals surface area contributed by atoms with Crippen LogP contribution in [0.1, 0.15) is 5.56 Å². The van der Waals surface area contributed by atoms with Crippen molar-refractivity contribution in [1.29, 1.82) is 0 Å². The summed E-state index contributed by atoms with van der Waals surface area (Å²) < 4.78 is 18.2. The number of benzene rings is 2. The summed E-state index contributed by atoms with van der Waals surface area (Å²) in [6, 6.07) is 11.6. The Bertz CT molecular complexity index is 876. The second-order valence-electron chi connectivity index (χ2n) is 5.44. The summed E-state index contributed by atoms with van der Waals surface area (Å²) in [5.41, 5.74) is 1.67. The van der Waals surface area contributed by atoms with Gasteiger partial charge in [-0.05, 0) is 42.3 Å². The van der Waals surface area contributed by atoms with E-state index in [4.69, 9.17) is 16.3 Å². The minimum Gasteiger partial charge on any atom is -0.495 e. The van der Waals surface area contributed by atoms with Crippen molar-refractivity contribution in [2.45, 2.75) is 6.42 Å². The van der Waals surface area contributed by atoms with Crippen molar-refractivity contribution in [2.75, 3.05) is 24.3 Å². The maximum atomic E-state index is 12.9. The summed E-state index contributed by atoms with van der Waals surface area (Å²) in [6.07, 6.45) is 2.26. The van der Waals surface area contributed by atoms with Crippen LogP contribution in [0, 0.1) is 5.82 Å². The minimum absolute atomic E-state index is 0.242. The molecule has 1 heterocycles. The molecule has 0 aliphatic heterocycles. The van der Waals surface area contributed by atoms with Crippen LogP contribution >= 0.6 is 11.6 Å². The van der Waals surface area contributed by atoms with Gasteiger partial charge in [0, 0.05) is 11.6 Å². The zero-order chi connectivity index (χ0) is 18.4. The smallest absolute Gasteiger partial charge is 0.249 e. The topological polar surface area (TPSA) is 72.0 Å². The molecule has 0 aliphatic rings. The van der Waals surface area contributed by atoms with Gasteiger partial charge in [0.1, 0.15) is 11.6 Å². The number of methoxy groups -OCH3 is 1.